The molecule has 0 bridgehead atoms. The second kappa shape index (κ2) is 8.43. The minimum absolute atomic E-state index is 1.28. The van der Waals surface area contributed by atoms with E-state index in [1.807, 2.05) is 0 Å². The topological polar surface area (TPSA) is 0 Å². The molecule has 0 aliphatic carbocycles. The molecule has 0 saturated heterocycles. The first-order valence-corrected chi connectivity index (χ1v) is 4.93. The number of rotatable bonds is 6. The van der Waals surface area contributed by atoms with Gasteiger partial charge in [-0.25, -0.2) is 0 Å². The molecule has 0 aliphatic rings. The van der Waals surface area contributed by atoms with Crippen LogP contribution in [0.5, 0.6) is 0 Å². The minimum atomic E-state index is 1.28. The van der Waals surface area contributed by atoms with Gasteiger partial charge < -0.3 is 0 Å². The van der Waals surface area contributed by atoms with E-state index in [0.717, 1.165) is 0 Å². The van der Waals surface area contributed by atoms with Gasteiger partial charge in [-0.1, -0.05) is 39.0 Å². The van der Waals surface area contributed by atoms with Crippen LogP contribution in [0.4, 0.5) is 0 Å². The molecule has 0 saturated carbocycles. The molecule has 0 aromatic carbocycles. The van der Waals surface area contributed by atoms with Gasteiger partial charge in [0.2, 0.25) is 0 Å². The van der Waals surface area contributed by atoms with Crippen molar-refractivity contribution < 1.29 is 0 Å². The monoisotopic (exact) mass is 146 g/mol. The zero-order valence-corrected chi connectivity index (χ0v) is 7.68. The van der Waals surface area contributed by atoms with Crippen LogP contribution in [0.3, 0.4) is 0 Å². The van der Waals surface area contributed by atoms with Crippen molar-refractivity contribution in [2.45, 2.75) is 45.4 Å². The summed E-state index contributed by atoms with van der Waals surface area (Å²) in [4.78, 5) is 0. The first-order valence-electron chi connectivity index (χ1n) is 4.12. The first kappa shape index (κ1) is 9.43. The molecule has 0 fully saturated rings. The molecule has 1 heteroatoms. The fourth-order valence-electron chi connectivity index (χ4n) is 0.925. The maximum Gasteiger partial charge on any atom is -0.0381 e. The molecular formula is C8H19P. The van der Waals surface area contributed by atoms with E-state index in [1.165, 1.54) is 44.7 Å². The minimum Gasteiger partial charge on any atom is -0.138 e. The molecule has 0 aromatic heterocycles. The molecule has 0 aliphatic heterocycles. The summed E-state index contributed by atoms with van der Waals surface area (Å²) < 4.78 is 0. The van der Waals surface area contributed by atoms with Gasteiger partial charge in [0.1, 0.15) is 0 Å². The first-order chi connectivity index (χ1) is 4.41. The Morgan fingerprint density at radius 1 is 0.889 bits per heavy atom. The Labute approximate surface area is 61.6 Å². The fraction of sp³-hybridized carbons (Fsp3) is 1.00. The highest BCUT2D eigenvalue weighted by atomic mass is 31.0. The van der Waals surface area contributed by atoms with Crippen LogP contribution in [-0.2, 0) is 0 Å². The molecule has 0 aromatic rings. The van der Waals surface area contributed by atoms with Crippen molar-refractivity contribution in [3.8, 4) is 0 Å². The highest BCUT2D eigenvalue weighted by Crippen LogP contribution is 2.05. The second-order valence-electron chi connectivity index (χ2n) is 2.56. The summed E-state index contributed by atoms with van der Waals surface area (Å²) in [5.41, 5.74) is 0. The zero-order chi connectivity index (χ0) is 6.95. The van der Waals surface area contributed by atoms with E-state index in [1.54, 1.807) is 0 Å². The molecule has 0 rings (SSSR count). The third-order valence-corrected chi connectivity index (χ3v) is 1.97. The number of unbranched alkanes of at least 4 members (excludes halogenated alkanes) is 5. The predicted octanol–water partition coefficient (Wildman–Crippen LogP) is 3.22. The Bertz CT molecular complexity index is 37.8. The van der Waals surface area contributed by atoms with E-state index in [0.29, 0.717) is 0 Å². The molecule has 0 nitrogen and oxygen atoms in total. The van der Waals surface area contributed by atoms with E-state index in [4.69, 9.17) is 0 Å². The Morgan fingerprint density at radius 3 is 2.00 bits per heavy atom. The van der Waals surface area contributed by atoms with Gasteiger partial charge in [-0.3, -0.25) is 0 Å². The summed E-state index contributed by atoms with van der Waals surface area (Å²) in [5.74, 6) is 0. The Kier molecular flexibility index (Phi) is 8.83. The summed E-state index contributed by atoms with van der Waals surface area (Å²) in [7, 11) is 2.78. The standard InChI is InChI=1S/C8H19P/c1-2-3-4-5-6-7-8-9/h2-9H2,1H3. The summed E-state index contributed by atoms with van der Waals surface area (Å²) in [6.45, 7) is 2.26. The summed E-state index contributed by atoms with van der Waals surface area (Å²) in [6.07, 6.45) is 9.80. The molecule has 9 heavy (non-hydrogen) atoms. The van der Waals surface area contributed by atoms with E-state index < -0.39 is 0 Å². The van der Waals surface area contributed by atoms with Gasteiger partial charge in [-0.05, 0) is 12.6 Å². The van der Waals surface area contributed by atoms with Gasteiger partial charge in [0.25, 0.3) is 0 Å². The smallest absolute Gasteiger partial charge is 0.0381 e. The molecular weight excluding hydrogens is 127 g/mol. The SMILES string of the molecule is CCCCCCCCP. The van der Waals surface area contributed by atoms with Gasteiger partial charge in [-0.15, -0.1) is 9.24 Å². The maximum absolute atomic E-state index is 2.78. The quantitative estimate of drug-likeness (QED) is 0.398. The van der Waals surface area contributed by atoms with Crippen molar-refractivity contribution in [1.29, 1.82) is 0 Å². The normalized spacial score (nSPS) is 10.0. The molecule has 0 heterocycles. The average molecular weight is 146 g/mol. The molecule has 1 unspecified atom stereocenters. The lowest BCUT2D eigenvalue weighted by molar-refractivity contribution is 0.627. The van der Waals surface area contributed by atoms with Crippen LogP contribution in [0, 0.1) is 0 Å². The van der Waals surface area contributed by atoms with Crippen LogP contribution >= 0.6 is 9.24 Å². The van der Waals surface area contributed by atoms with Crippen LogP contribution in [-0.4, -0.2) is 6.16 Å². The Hall–Kier alpha value is 0.430. The van der Waals surface area contributed by atoms with Crippen LogP contribution in [0.1, 0.15) is 45.4 Å². The number of hydrogen-bond acceptors (Lipinski definition) is 0. The summed E-state index contributed by atoms with van der Waals surface area (Å²) >= 11 is 0. The van der Waals surface area contributed by atoms with Crippen molar-refractivity contribution in [3.05, 3.63) is 0 Å². The van der Waals surface area contributed by atoms with Crippen molar-refractivity contribution in [1.82, 2.24) is 0 Å². The molecule has 0 N–H and O–H groups in total. The largest absolute Gasteiger partial charge is 0.138 e. The van der Waals surface area contributed by atoms with Gasteiger partial charge in [0.05, 0.1) is 0 Å². The Balaban J connectivity index is 2.60. The lowest BCUT2D eigenvalue weighted by Gasteiger charge is -1.96. The molecule has 1 atom stereocenters. The number of hydrogen-bond donors (Lipinski definition) is 0. The lowest BCUT2D eigenvalue weighted by atomic mass is 10.1. The average Bonchev–Trinajstić information content (AvgIpc) is 1.89. The third-order valence-electron chi connectivity index (χ3n) is 1.56. The fourth-order valence-corrected chi connectivity index (χ4v) is 1.21. The van der Waals surface area contributed by atoms with Crippen LogP contribution in [0.2, 0.25) is 0 Å². The van der Waals surface area contributed by atoms with E-state index in [9.17, 15) is 0 Å². The second-order valence-corrected chi connectivity index (χ2v) is 3.13. The van der Waals surface area contributed by atoms with Crippen LogP contribution < -0.4 is 0 Å². The van der Waals surface area contributed by atoms with Crippen molar-refractivity contribution >= 4 is 9.24 Å². The van der Waals surface area contributed by atoms with Gasteiger partial charge >= 0.3 is 0 Å². The highest BCUT2D eigenvalue weighted by molar-refractivity contribution is 7.16. The molecule has 0 radical (unpaired) electrons. The van der Waals surface area contributed by atoms with Crippen LogP contribution in [0.15, 0.2) is 0 Å². The predicted molar refractivity (Wildman–Crippen MR) is 48.0 cm³/mol. The zero-order valence-electron chi connectivity index (χ0n) is 6.53. The van der Waals surface area contributed by atoms with Gasteiger partial charge in [-0.2, -0.15) is 0 Å². The van der Waals surface area contributed by atoms with Crippen molar-refractivity contribution in [3.63, 3.8) is 0 Å². The summed E-state index contributed by atoms with van der Waals surface area (Å²) in [6, 6.07) is 0. The van der Waals surface area contributed by atoms with E-state index >= 15 is 0 Å². The molecule has 0 amide bonds. The molecule has 0 spiro atoms. The van der Waals surface area contributed by atoms with E-state index in [-0.39, 0.29) is 0 Å². The van der Waals surface area contributed by atoms with Gasteiger partial charge in [0.15, 0.2) is 0 Å². The summed E-state index contributed by atoms with van der Waals surface area (Å²) in [5, 5.41) is 0. The molecule has 56 valence electrons. The van der Waals surface area contributed by atoms with E-state index in [2.05, 4.69) is 16.2 Å². The lowest BCUT2D eigenvalue weighted by Crippen LogP contribution is -1.78. The third kappa shape index (κ3) is 8.43. The Morgan fingerprint density at radius 2 is 1.44 bits per heavy atom. The van der Waals surface area contributed by atoms with Crippen molar-refractivity contribution in [2.24, 2.45) is 0 Å². The highest BCUT2D eigenvalue weighted by Gasteiger charge is 1.85. The van der Waals surface area contributed by atoms with Crippen molar-refractivity contribution in [2.75, 3.05) is 6.16 Å². The van der Waals surface area contributed by atoms with Crippen LogP contribution in [0.25, 0.3) is 0 Å². The van der Waals surface area contributed by atoms with Gasteiger partial charge in [0, 0.05) is 0 Å². The maximum atomic E-state index is 2.78.